The van der Waals surface area contributed by atoms with Crippen molar-refractivity contribution in [2.45, 2.75) is 409 Å². The van der Waals surface area contributed by atoms with Gasteiger partial charge in [-0.3, -0.25) is 14.6 Å². The molecule has 2 aromatic heterocycles. The lowest BCUT2D eigenvalue weighted by Crippen LogP contribution is -2.43. The maximum Gasteiger partial charge on any atom is 0.332 e. The number of fused-ring (bicyclic) bond motifs is 1. The van der Waals surface area contributed by atoms with Crippen molar-refractivity contribution in [1.29, 1.82) is 0 Å². The van der Waals surface area contributed by atoms with E-state index >= 15 is 0 Å². The van der Waals surface area contributed by atoms with Gasteiger partial charge < -0.3 is 15.4 Å². The van der Waals surface area contributed by atoms with Crippen LogP contribution in [0.2, 0.25) is 49.9 Å². The van der Waals surface area contributed by atoms with Crippen LogP contribution in [-0.2, 0) is 20.9 Å². The third-order valence-electron chi connectivity index (χ3n) is 28.3. The van der Waals surface area contributed by atoms with Crippen LogP contribution in [0.3, 0.4) is 0 Å². The maximum atomic E-state index is 13.4. The lowest BCUT2D eigenvalue weighted by Gasteiger charge is -2.38. The van der Waals surface area contributed by atoms with Crippen LogP contribution >= 0.6 is 0 Å². The zero-order chi connectivity index (χ0) is 90.6. The van der Waals surface area contributed by atoms with Crippen molar-refractivity contribution >= 4 is 47.6 Å². The number of ether oxygens (including phenoxy) is 1. The largest absolute Gasteiger partial charge is 0.463 e. The number of pyridine rings is 1. The summed E-state index contributed by atoms with van der Waals surface area (Å²) in [6.45, 7) is 64.0. The van der Waals surface area contributed by atoms with Crippen LogP contribution < -0.4 is 5.73 Å². The van der Waals surface area contributed by atoms with Gasteiger partial charge in [-0.05, 0) is 227 Å². The molecule has 2 aromatic carbocycles. The van der Waals surface area contributed by atoms with Gasteiger partial charge in [-0.1, -0.05) is 288 Å². The fourth-order valence-corrected chi connectivity index (χ4v) is 37.6. The van der Waals surface area contributed by atoms with E-state index in [1.54, 1.807) is 24.1 Å². The Kier molecular flexibility index (Phi) is 46.0. The Labute approximate surface area is 750 Å². The van der Waals surface area contributed by atoms with Crippen molar-refractivity contribution in [1.82, 2.24) is 24.9 Å². The van der Waals surface area contributed by atoms with Crippen molar-refractivity contribution < 1.29 is 19.1 Å². The van der Waals surface area contributed by atoms with Gasteiger partial charge >= 0.3 is 5.97 Å². The molecule has 122 heavy (non-hydrogen) atoms. The third kappa shape index (κ3) is 32.6. The second-order valence-electron chi connectivity index (χ2n) is 40.8. The number of allylic oxidation sites excluding steroid dienone is 1. The van der Waals surface area contributed by atoms with Gasteiger partial charge in [0.1, 0.15) is 29.9 Å². The number of nitrogens with two attached hydrogens (primary N) is 1. The average molecular weight is 1710 g/mol. The Morgan fingerprint density at radius 1 is 0.549 bits per heavy atom. The number of aryl methyl sites for hydroxylation is 2. The summed E-state index contributed by atoms with van der Waals surface area (Å²) in [4.78, 5) is 41.5. The molecule has 7 aliphatic rings. The molecule has 2 N–H and O–H groups in total. The molecule has 11 rings (SSSR count). The molecule has 6 aliphatic carbocycles. The standard InChI is InChI=1S/C28H40N2O3Si.C18H34Si.C17H23N3.C17H33NSi.C16H20.C9H14.C4H6O/c1-8-33-26(31)18-25-24-13-10-15-29-27(24)28(32)30(25)23-12-9-11-22(17-23)14-16-34(19(2)3,20(4)5)21(6)7;1-14(2)19(15(3)4,16(5)6)12-11-18-10-8-9-17(7)13-18;1-13-5-3-7-15(9-13)11-20-12-17(18-19-20)16-8-4-6-14(2)10-16;1-13(2)19(14(3)4,15(5)6)11-10-16-8-7-9-17(18)12-16;1-13-6-8-15(9-7-13)10-11-16-5-3-4-14(2)12-16;1-3-9-6-4-5-8(2)7-9;1-3-4(2)5/h10,13,15,18-23H,8-9,11-12,17H2,1-7H3;14-18H,8-10,13H2,1-7H3;3,5,7,9,12,14,16H,4,6,8,10-11H2,1-2H3;13-17H,7-9,12,18H2,1-6H3;6-9,14,16H,3-5,12H2,1-2H3;1,8-9H,4-7H2,2H3;3H,1H2,2H3/b25-18+;;;;;;. The monoisotopic (exact) mass is 1710 g/mol. The minimum Gasteiger partial charge on any atom is -0.463 e. The van der Waals surface area contributed by atoms with E-state index in [4.69, 9.17) is 16.9 Å². The second-order valence-corrected chi connectivity index (χ2v) is 57.6. The highest BCUT2D eigenvalue weighted by atomic mass is 28.3. The molecule has 3 heterocycles. The fourth-order valence-electron chi connectivity index (χ4n) is 21.6. The molecule has 10 nitrogen and oxygen atoms in total. The first-order valence-corrected chi connectivity index (χ1v) is 55.1. The molecule has 12 atom stereocenters. The van der Waals surface area contributed by atoms with Gasteiger partial charge in [0.2, 0.25) is 0 Å². The van der Waals surface area contributed by atoms with E-state index in [1.807, 2.05) is 10.7 Å². The van der Waals surface area contributed by atoms with E-state index in [0.717, 1.165) is 101 Å². The number of aromatic nitrogens is 4. The Morgan fingerprint density at radius 2 is 0.984 bits per heavy atom. The summed E-state index contributed by atoms with van der Waals surface area (Å²) in [5.74, 6) is 27.0. The van der Waals surface area contributed by atoms with Crippen molar-refractivity contribution in [3.05, 3.63) is 131 Å². The summed E-state index contributed by atoms with van der Waals surface area (Å²) in [5, 5.41) is 8.71. The fraction of sp³-hybridized carbons (Fsp3) is 0.670. The van der Waals surface area contributed by atoms with E-state index in [2.05, 4.69) is 295 Å². The summed E-state index contributed by atoms with van der Waals surface area (Å²) in [7, 11) is -4.83. The van der Waals surface area contributed by atoms with Crippen LogP contribution in [0.1, 0.15) is 370 Å². The number of benzene rings is 2. The summed E-state index contributed by atoms with van der Waals surface area (Å²) in [6, 6.07) is 21.2. The topological polar surface area (TPSA) is 133 Å². The van der Waals surface area contributed by atoms with Crippen molar-refractivity contribution in [3.63, 3.8) is 0 Å². The number of terminal acetylenes is 1. The summed E-state index contributed by atoms with van der Waals surface area (Å²) in [5.41, 5.74) is 32.0. The van der Waals surface area contributed by atoms with E-state index in [0.29, 0.717) is 75.8 Å². The zero-order valence-electron chi connectivity index (χ0n) is 81.8. The minimum absolute atomic E-state index is 0.00337. The zero-order valence-corrected chi connectivity index (χ0v) is 84.8. The van der Waals surface area contributed by atoms with E-state index in [-0.39, 0.29) is 23.7 Å². The molecule has 0 bridgehead atoms. The SMILES string of the molecule is C#CC1CCCC(C)C1.C=CC(C)=O.CC(C)[Si](C#CC1CCCC(N)C1)(C(C)C)C(C)C.CC1CCCC(C#C[Si](C(C)C)(C(C)C)C(C)C)C1.CCOC(=O)/C=C1\c2cccnc2C(=O)N1C1CCCC(C#C[Si](C(C)C)(C(C)C)C(C)C)C1.Cc1ccc(C#CC2CCCC(C)C2)cc1.Cc1cccc(Cn2cc(C3CCCC(C)C3)nn2)c1. The lowest BCUT2D eigenvalue weighted by molar-refractivity contribution is -0.137. The third-order valence-corrected chi connectivity index (χ3v) is 47.2. The number of hydrogen-bond donors (Lipinski definition) is 1. The van der Waals surface area contributed by atoms with Gasteiger partial charge in [-0.2, -0.15) is 0 Å². The molecular formula is C109H170N6O4Si3. The number of hydrogen-bond acceptors (Lipinski definition) is 8. The highest BCUT2D eigenvalue weighted by molar-refractivity contribution is 6.91. The number of nitrogens with zero attached hydrogens (tertiary/aromatic N) is 5. The maximum absolute atomic E-state index is 13.4. The van der Waals surface area contributed by atoms with Crippen LogP contribution in [-0.4, -0.2) is 85.4 Å². The van der Waals surface area contributed by atoms with Gasteiger partial charge in [0, 0.05) is 77.2 Å². The van der Waals surface area contributed by atoms with Gasteiger partial charge in [-0.15, -0.1) is 51.8 Å². The second kappa shape index (κ2) is 53.0. The van der Waals surface area contributed by atoms with Gasteiger partial charge in [0.25, 0.3) is 5.91 Å². The molecular weight excluding hydrogens is 1540 g/mol. The summed E-state index contributed by atoms with van der Waals surface area (Å²) < 4.78 is 7.14. The Bertz CT molecular complexity index is 4050. The van der Waals surface area contributed by atoms with Crippen LogP contribution in [0, 0.1) is 126 Å². The quantitative estimate of drug-likeness (QED) is 0.0507. The Hall–Kier alpha value is -6.77. The number of carbonyl (C=O) groups is 3. The molecule has 0 radical (unpaired) electrons. The predicted molar refractivity (Wildman–Crippen MR) is 529 cm³/mol. The Balaban J connectivity index is 0.000000266. The molecule has 1 amide bonds. The van der Waals surface area contributed by atoms with Crippen LogP contribution in [0.5, 0.6) is 0 Å². The molecule has 672 valence electrons. The Morgan fingerprint density at radius 3 is 1.42 bits per heavy atom. The number of amides is 1. The molecule has 13 heteroatoms. The highest BCUT2D eigenvalue weighted by Gasteiger charge is 2.46. The first kappa shape index (κ1) is 106. The number of rotatable bonds is 16. The summed E-state index contributed by atoms with van der Waals surface area (Å²) in [6.07, 6.45) is 41.8. The summed E-state index contributed by atoms with van der Waals surface area (Å²) >= 11 is 0. The molecule has 6 saturated carbocycles. The molecule has 12 unspecified atom stereocenters. The smallest absolute Gasteiger partial charge is 0.332 e. The normalized spacial score (nSPS) is 23.6. The van der Waals surface area contributed by atoms with Crippen molar-refractivity contribution in [3.8, 4) is 58.6 Å². The number of ketones is 1. The molecule has 4 aromatic rings. The number of carbonyl (C=O) groups excluding carboxylic acids is 3. The highest BCUT2D eigenvalue weighted by Crippen LogP contribution is 2.46. The molecule has 0 saturated heterocycles. The van der Waals surface area contributed by atoms with E-state index in [9.17, 15) is 14.4 Å². The van der Waals surface area contributed by atoms with Crippen LogP contribution in [0.25, 0.3) is 5.70 Å². The lowest BCUT2D eigenvalue weighted by atomic mass is 9.81. The van der Waals surface area contributed by atoms with Gasteiger partial charge in [0.15, 0.2) is 5.78 Å². The molecule has 6 fully saturated rings. The van der Waals surface area contributed by atoms with Crippen molar-refractivity contribution in [2.75, 3.05) is 6.61 Å². The minimum atomic E-state index is -1.80. The average Bonchev–Trinajstić information content (AvgIpc) is 1.59. The molecule has 1 aliphatic heterocycles. The number of esters is 1. The predicted octanol–water partition coefficient (Wildman–Crippen LogP) is 28.3. The van der Waals surface area contributed by atoms with Crippen LogP contribution in [0.4, 0.5) is 0 Å². The van der Waals surface area contributed by atoms with Crippen LogP contribution in [0.15, 0.2) is 91.8 Å². The van der Waals surface area contributed by atoms with Crippen molar-refractivity contribution in [2.24, 2.45) is 59.0 Å². The van der Waals surface area contributed by atoms with E-state index in [1.165, 1.54) is 163 Å². The molecule has 0 spiro atoms. The van der Waals surface area contributed by atoms with Gasteiger partial charge in [-0.25, -0.2) is 9.48 Å². The first-order valence-electron chi connectivity index (χ1n) is 48.4. The first-order chi connectivity index (χ1) is 57.8. The van der Waals surface area contributed by atoms with E-state index < -0.39 is 30.2 Å². The van der Waals surface area contributed by atoms with Gasteiger partial charge in [0.05, 0.1) is 24.5 Å².